The van der Waals surface area contributed by atoms with Crippen LogP contribution in [0.3, 0.4) is 0 Å². The van der Waals surface area contributed by atoms with Crippen LogP contribution in [0.4, 0.5) is 0 Å². The Kier molecular flexibility index (Phi) is 3.86. The molecule has 0 heterocycles. The number of aliphatic hydroxyl groups excluding tert-OH is 1. The van der Waals surface area contributed by atoms with E-state index >= 15 is 0 Å². The standard InChI is InChI=1S/C7H19N2O/c1-5-7(10)6-8-9(2,3)4/h7-8,10H,5-6H2,1-4H3/q+1. The van der Waals surface area contributed by atoms with Gasteiger partial charge in [-0.1, -0.05) is 6.92 Å². The topological polar surface area (TPSA) is 32.3 Å². The average molecular weight is 147 g/mol. The fourth-order valence-electron chi connectivity index (χ4n) is 0.524. The van der Waals surface area contributed by atoms with Crippen molar-refractivity contribution in [3.63, 3.8) is 0 Å². The largest absolute Gasteiger partial charge is 0.392 e. The molecule has 0 aliphatic heterocycles. The zero-order chi connectivity index (χ0) is 8.20. The highest BCUT2D eigenvalue weighted by atomic mass is 16.3. The van der Waals surface area contributed by atoms with Crippen LogP contribution in [0.25, 0.3) is 0 Å². The summed E-state index contributed by atoms with van der Waals surface area (Å²) in [7, 11) is 6.09. The van der Waals surface area contributed by atoms with Gasteiger partial charge in [0.25, 0.3) is 0 Å². The van der Waals surface area contributed by atoms with E-state index < -0.39 is 0 Å². The quantitative estimate of drug-likeness (QED) is 0.432. The van der Waals surface area contributed by atoms with Gasteiger partial charge in [0.1, 0.15) is 0 Å². The second-order valence-corrected chi connectivity index (χ2v) is 3.44. The Balaban J connectivity index is 3.36. The summed E-state index contributed by atoms with van der Waals surface area (Å²) in [6.07, 6.45) is 0.602. The number of aliphatic hydroxyl groups is 1. The van der Waals surface area contributed by atoms with Crippen LogP contribution in [-0.2, 0) is 0 Å². The first-order valence-electron chi connectivity index (χ1n) is 3.70. The lowest BCUT2D eigenvalue weighted by atomic mass is 10.3. The molecule has 0 fully saturated rings. The van der Waals surface area contributed by atoms with Crippen LogP contribution in [0.2, 0.25) is 0 Å². The van der Waals surface area contributed by atoms with Crippen molar-refractivity contribution in [2.45, 2.75) is 19.4 Å². The van der Waals surface area contributed by atoms with Crippen molar-refractivity contribution in [1.82, 2.24) is 5.43 Å². The van der Waals surface area contributed by atoms with Crippen molar-refractivity contribution in [2.24, 2.45) is 0 Å². The first-order chi connectivity index (χ1) is 4.45. The lowest BCUT2D eigenvalue weighted by Crippen LogP contribution is -2.50. The number of quaternary nitrogens is 1. The van der Waals surface area contributed by atoms with Crippen molar-refractivity contribution >= 4 is 0 Å². The van der Waals surface area contributed by atoms with Gasteiger partial charge in [-0.25, -0.2) is 0 Å². The summed E-state index contributed by atoms with van der Waals surface area (Å²) in [5.74, 6) is 0. The maximum Gasteiger partial charge on any atom is 0.0853 e. The number of nitrogens with zero attached hydrogens (tertiary/aromatic N) is 1. The van der Waals surface area contributed by atoms with Gasteiger partial charge in [-0.3, -0.25) is 4.59 Å². The highest BCUT2D eigenvalue weighted by molar-refractivity contribution is 4.50. The molecule has 0 aliphatic carbocycles. The molecule has 10 heavy (non-hydrogen) atoms. The summed E-state index contributed by atoms with van der Waals surface area (Å²) in [4.78, 5) is 0. The van der Waals surface area contributed by atoms with Crippen LogP contribution in [-0.4, -0.2) is 43.5 Å². The van der Waals surface area contributed by atoms with Gasteiger partial charge in [0.05, 0.1) is 33.8 Å². The SMILES string of the molecule is CCC(O)CN[N+](C)(C)C. The maximum atomic E-state index is 9.15. The van der Waals surface area contributed by atoms with Crippen LogP contribution in [0, 0.1) is 0 Å². The number of nitrogens with one attached hydrogen (secondary N) is 1. The normalized spacial score (nSPS) is 15.3. The van der Waals surface area contributed by atoms with E-state index in [0.29, 0.717) is 11.1 Å². The molecule has 3 nitrogen and oxygen atoms in total. The molecule has 0 amide bonds. The van der Waals surface area contributed by atoms with Gasteiger partial charge >= 0.3 is 0 Å². The molecule has 0 radical (unpaired) electrons. The van der Waals surface area contributed by atoms with Crippen LogP contribution in [0.5, 0.6) is 0 Å². The van der Waals surface area contributed by atoms with Crippen molar-refractivity contribution in [3.05, 3.63) is 0 Å². The minimum Gasteiger partial charge on any atom is -0.392 e. The number of rotatable bonds is 4. The van der Waals surface area contributed by atoms with E-state index in [-0.39, 0.29) is 6.10 Å². The third-order valence-corrected chi connectivity index (χ3v) is 1.27. The molecule has 0 saturated carbocycles. The molecule has 0 spiro atoms. The molecular formula is C7H19N2O+. The third kappa shape index (κ3) is 6.01. The minimum absolute atomic E-state index is 0.211. The Bertz CT molecular complexity index is 88.1. The Morgan fingerprint density at radius 2 is 1.90 bits per heavy atom. The fourth-order valence-corrected chi connectivity index (χ4v) is 0.524. The second-order valence-electron chi connectivity index (χ2n) is 3.44. The Hall–Kier alpha value is -0.120. The van der Waals surface area contributed by atoms with Crippen molar-refractivity contribution in [3.8, 4) is 0 Å². The van der Waals surface area contributed by atoms with Crippen LogP contribution in [0.1, 0.15) is 13.3 Å². The predicted molar refractivity (Wildman–Crippen MR) is 42.3 cm³/mol. The zero-order valence-electron chi connectivity index (χ0n) is 7.39. The van der Waals surface area contributed by atoms with Crippen LogP contribution < -0.4 is 5.43 Å². The third-order valence-electron chi connectivity index (χ3n) is 1.27. The summed E-state index contributed by atoms with van der Waals surface area (Å²) < 4.78 is 0.692. The van der Waals surface area contributed by atoms with Gasteiger partial charge < -0.3 is 5.11 Å². The minimum atomic E-state index is -0.211. The van der Waals surface area contributed by atoms with Crippen LogP contribution >= 0.6 is 0 Å². The van der Waals surface area contributed by atoms with E-state index in [1.165, 1.54) is 0 Å². The summed E-state index contributed by atoms with van der Waals surface area (Å²) >= 11 is 0. The molecule has 1 unspecified atom stereocenters. The van der Waals surface area contributed by atoms with Crippen molar-refractivity contribution in [2.75, 3.05) is 27.7 Å². The summed E-state index contributed by atoms with van der Waals surface area (Å²) in [6.45, 7) is 2.64. The molecule has 0 saturated heterocycles. The van der Waals surface area contributed by atoms with Gasteiger partial charge in [-0.2, -0.15) is 5.43 Å². The molecule has 0 aromatic heterocycles. The molecule has 62 valence electrons. The molecular weight excluding hydrogens is 128 g/mol. The number of hydrogen-bond acceptors (Lipinski definition) is 2. The smallest absolute Gasteiger partial charge is 0.0853 e. The van der Waals surface area contributed by atoms with Gasteiger partial charge in [0, 0.05) is 0 Å². The number of hydrogen-bond donors (Lipinski definition) is 2. The van der Waals surface area contributed by atoms with Crippen molar-refractivity contribution < 1.29 is 9.70 Å². The lowest BCUT2D eigenvalue weighted by molar-refractivity contribution is -0.915. The summed E-state index contributed by atoms with van der Waals surface area (Å²) in [5.41, 5.74) is 3.16. The molecule has 0 aromatic carbocycles. The average Bonchev–Trinajstić information content (AvgIpc) is 1.81. The molecule has 0 rings (SSSR count). The first-order valence-corrected chi connectivity index (χ1v) is 3.70. The van der Waals surface area contributed by atoms with Gasteiger partial charge in [0.2, 0.25) is 0 Å². The molecule has 0 aromatic rings. The van der Waals surface area contributed by atoms with E-state index in [4.69, 9.17) is 5.11 Å². The van der Waals surface area contributed by atoms with E-state index in [2.05, 4.69) is 5.43 Å². The fraction of sp³-hybridized carbons (Fsp3) is 1.00. The van der Waals surface area contributed by atoms with Crippen molar-refractivity contribution in [1.29, 1.82) is 0 Å². The predicted octanol–water partition coefficient (Wildman–Crippen LogP) is -0.0319. The van der Waals surface area contributed by atoms with E-state index in [1.807, 2.05) is 28.1 Å². The molecule has 3 heteroatoms. The molecule has 0 aliphatic rings. The van der Waals surface area contributed by atoms with E-state index in [1.54, 1.807) is 0 Å². The first kappa shape index (κ1) is 9.88. The molecule has 0 bridgehead atoms. The van der Waals surface area contributed by atoms with E-state index in [9.17, 15) is 0 Å². The van der Waals surface area contributed by atoms with Crippen LogP contribution in [0.15, 0.2) is 0 Å². The highest BCUT2D eigenvalue weighted by Gasteiger charge is 2.08. The zero-order valence-corrected chi connectivity index (χ0v) is 7.39. The Morgan fingerprint density at radius 3 is 2.20 bits per heavy atom. The second kappa shape index (κ2) is 3.91. The summed E-state index contributed by atoms with van der Waals surface area (Å²) in [5, 5.41) is 9.15. The Morgan fingerprint density at radius 1 is 1.40 bits per heavy atom. The van der Waals surface area contributed by atoms with Gasteiger partial charge in [0.15, 0.2) is 0 Å². The summed E-state index contributed by atoms with van der Waals surface area (Å²) in [6, 6.07) is 0. The Labute approximate surface area is 63.2 Å². The lowest BCUT2D eigenvalue weighted by Gasteiger charge is -2.25. The monoisotopic (exact) mass is 147 g/mol. The van der Waals surface area contributed by atoms with Gasteiger partial charge in [-0.15, -0.1) is 0 Å². The van der Waals surface area contributed by atoms with Gasteiger partial charge in [-0.05, 0) is 6.42 Å². The maximum absolute atomic E-state index is 9.15. The van der Waals surface area contributed by atoms with E-state index in [0.717, 1.165) is 6.42 Å². The molecule has 1 atom stereocenters. The highest BCUT2D eigenvalue weighted by Crippen LogP contribution is 1.88. The molecule has 2 N–H and O–H groups in total.